The van der Waals surface area contributed by atoms with E-state index in [1.807, 2.05) is 25.1 Å². The van der Waals surface area contributed by atoms with Gasteiger partial charge in [0.05, 0.1) is 14.2 Å². The molecule has 4 heteroatoms. The highest BCUT2D eigenvalue weighted by atomic mass is 19.1. The molecule has 0 bridgehead atoms. The van der Waals surface area contributed by atoms with E-state index >= 15 is 0 Å². The number of hydrogen-bond acceptors (Lipinski definition) is 3. The number of hydrogen-bond donors (Lipinski definition) is 1. The first-order valence-electron chi connectivity index (χ1n) is 6.71. The number of rotatable bonds is 5. The summed E-state index contributed by atoms with van der Waals surface area (Å²) >= 11 is 0. The van der Waals surface area contributed by atoms with Gasteiger partial charge in [-0.15, -0.1) is 0 Å². The van der Waals surface area contributed by atoms with Gasteiger partial charge in [-0.05, 0) is 48.7 Å². The molecule has 0 saturated heterocycles. The zero-order chi connectivity index (χ0) is 15.5. The Morgan fingerprint density at radius 1 is 1.05 bits per heavy atom. The van der Waals surface area contributed by atoms with Crippen molar-refractivity contribution in [3.8, 4) is 11.5 Å². The fraction of sp³-hybridized carbons (Fsp3) is 0.294. The summed E-state index contributed by atoms with van der Waals surface area (Å²) in [5, 5.41) is 0. The molecular weight excluding hydrogens is 269 g/mol. The lowest BCUT2D eigenvalue weighted by Gasteiger charge is -2.26. The molecule has 2 aromatic carbocycles. The van der Waals surface area contributed by atoms with Crippen LogP contribution in [0.3, 0.4) is 0 Å². The van der Waals surface area contributed by atoms with Crippen molar-refractivity contribution in [2.75, 3.05) is 14.2 Å². The number of ether oxygens (including phenoxy) is 2. The van der Waals surface area contributed by atoms with Crippen molar-refractivity contribution in [1.82, 2.24) is 0 Å². The van der Waals surface area contributed by atoms with Gasteiger partial charge in [-0.25, -0.2) is 4.39 Å². The zero-order valence-electron chi connectivity index (χ0n) is 12.5. The minimum Gasteiger partial charge on any atom is -0.497 e. The minimum absolute atomic E-state index is 0.258. The van der Waals surface area contributed by atoms with Crippen molar-refractivity contribution in [2.24, 2.45) is 5.73 Å². The molecule has 0 fully saturated rings. The van der Waals surface area contributed by atoms with Crippen LogP contribution in [0.4, 0.5) is 4.39 Å². The second-order valence-corrected chi connectivity index (χ2v) is 5.33. The fourth-order valence-corrected chi connectivity index (χ4v) is 2.31. The Labute approximate surface area is 124 Å². The fourth-order valence-electron chi connectivity index (χ4n) is 2.31. The quantitative estimate of drug-likeness (QED) is 0.919. The van der Waals surface area contributed by atoms with Crippen LogP contribution in [0.25, 0.3) is 0 Å². The maximum Gasteiger partial charge on any atom is 0.123 e. The molecule has 21 heavy (non-hydrogen) atoms. The van der Waals surface area contributed by atoms with Crippen molar-refractivity contribution in [3.05, 3.63) is 59.4 Å². The van der Waals surface area contributed by atoms with Gasteiger partial charge < -0.3 is 15.2 Å². The first-order chi connectivity index (χ1) is 9.94. The minimum atomic E-state index is -0.657. The van der Waals surface area contributed by atoms with Gasteiger partial charge in [-0.3, -0.25) is 0 Å². The van der Waals surface area contributed by atoms with Crippen LogP contribution in [0.5, 0.6) is 11.5 Å². The summed E-state index contributed by atoms with van der Waals surface area (Å²) in [7, 11) is 3.19. The van der Waals surface area contributed by atoms with Crippen molar-refractivity contribution in [3.63, 3.8) is 0 Å². The lowest BCUT2D eigenvalue weighted by atomic mass is 9.86. The van der Waals surface area contributed by atoms with Gasteiger partial charge in [0, 0.05) is 11.6 Å². The first-order valence-corrected chi connectivity index (χ1v) is 6.71. The van der Waals surface area contributed by atoms with Gasteiger partial charge in [0.2, 0.25) is 0 Å². The van der Waals surface area contributed by atoms with Crippen molar-refractivity contribution < 1.29 is 13.9 Å². The van der Waals surface area contributed by atoms with E-state index in [4.69, 9.17) is 15.2 Å². The number of nitrogens with two attached hydrogens (primary N) is 1. The first kappa shape index (κ1) is 15.3. The van der Waals surface area contributed by atoms with Crippen LogP contribution in [0.2, 0.25) is 0 Å². The third kappa shape index (κ3) is 3.73. The van der Waals surface area contributed by atoms with Gasteiger partial charge in [0.25, 0.3) is 0 Å². The van der Waals surface area contributed by atoms with E-state index in [2.05, 4.69) is 0 Å². The Balaban J connectivity index is 2.34. The Morgan fingerprint density at radius 2 is 1.67 bits per heavy atom. The summed E-state index contributed by atoms with van der Waals surface area (Å²) in [4.78, 5) is 0. The van der Waals surface area contributed by atoms with Gasteiger partial charge >= 0.3 is 0 Å². The molecule has 1 unspecified atom stereocenters. The van der Waals surface area contributed by atoms with E-state index in [1.165, 1.54) is 12.1 Å². The van der Waals surface area contributed by atoms with Crippen LogP contribution >= 0.6 is 0 Å². The van der Waals surface area contributed by atoms with Gasteiger partial charge in [-0.1, -0.05) is 12.1 Å². The van der Waals surface area contributed by atoms with E-state index in [1.54, 1.807) is 26.4 Å². The lowest BCUT2D eigenvalue weighted by Crippen LogP contribution is -2.35. The van der Waals surface area contributed by atoms with E-state index in [9.17, 15) is 4.39 Å². The molecule has 0 amide bonds. The second kappa shape index (κ2) is 6.14. The monoisotopic (exact) mass is 289 g/mol. The highest BCUT2D eigenvalue weighted by Crippen LogP contribution is 2.30. The molecule has 2 rings (SSSR count). The Bertz CT molecular complexity index is 604. The predicted molar refractivity (Wildman–Crippen MR) is 81.2 cm³/mol. The Hall–Kier alpha value is -2.07. The molecule has 0 heterocycles. The van der Waals surface area contributed by atoms with Crippen LogP contribution in [0.15, 0.2) is 42.5 Å². The van der Waals surface area contributed by atoms with Gasteiger partial charge in [0.15, 0.2) is 0 Å². The zero-order valence-corrected chi connectivity index (χ0v) is 12.5. The lowest BCUT2D eigenvalue weighted by molar-refractivity contribution is 0.388. The topological polar surface area (TPSA) is 44.5 Å². The molecule has 0 aromatic heterocycles. The average molecular weight is 289 g/mol. The van der Waals surface area contributed by atoms with Crippen LogP contribution < -0.4 is 15.2 Å². The number of methoxy groups -OCH3 is 2. The number of benzene rings is 2. The smallest absolute Gasteiger partial charge is 0.123 e. The van der Waals surface area contributed by atoms with Crippen LogP contribution in [0, 0.1) is 5.82 Å². The second-order valence-electron chi connectivity index (χ2n) is 5.33. The SMILES string of the molecule is COc1cc(OC)cc(C(C)(N)Cc2cccc(F)c2)c1. The van der Waals surface area contributed by atoms with Gasteiger partial charge in [0.1, 0.15) is 17.3 Å². The molecule has 0 aliphatic rings. The molecule has 0 saturated carbocycles. The average Bonchev–Trinajstić information content (AvgIpc) is 2.46. The van der Waals surface area contributed by atoms with Crippen molar-refractivity contribution >= 4 is 0 Å². The summed E-state index contributed by atoms with van der Waals surface area (Å²) < 4.78 is 23.8. The molecule has 112 valence electrons. The van der Waals surface area contributed by atoms with Gasteiger partial charge in [-0.2, -0.15) is 0 Å². The highest BCUT2D eigenvalue weighted by molar-refractivity contribution is 5.42. The van der Waals surface area contributed by atoms with E-state index in [0.29, 0.717) is 17.9 Å². The molecule has 0 aliphatic heterocycles. The standard InChI is InChI=1S/C17H20FNO2/c1-17(19,11-12-5-4-6-14(18)7-12)13-8-15(20-2)10-16(9-13)21-3/h4-10H,11,19H2,1-3H3. The summed E-state index contributed by atoms with van der Waals surface area (Å²) in [5.41, 5.74) is 7.50. The maximum absolute atomic E-state index is 13.3. The third-order valence-corrected chi connectivity index (χ3v) is 3.47. The van der Waals surface area contributed by atoms with Crippen LogP contribution in [-0.4, -0.2) is 14.2 Å². The molecular formula is C17H20FNO2. The third-order valence-electron chi connectivity index (χ3n) is 3.47. The van der Waals surface area contributed by atoms with E-state index < -0.39 is 5.54 Å². The maximum atomic E-state index is 13.3. The van der Waals surface area contributed by atoms with Crippen molar-refractivity contribution in [1.29, 1.82) is 0 Å². The molecule has 2 N–H and O–H groups in total. The largest absolute Gasteiger partial charge is 0.497 e. The predicted octanol–water partition coefficient (Wildman–Crippen LogP) is 3.26. The molecule has 1 atom stereocenters. The molecule has 0 spiro atoms. The van der Waals surface area contributed by atoms with Crippen LogP contribution in [0.1, 0.15) is 18.1 Å². The summed E-state index contributed by atoms with van der Waals surface area (Å²) in [6.07, 6.45) is 0.515. The molecule has 0 radical (unpaired) electrons. The number of halogens is 1. The highest BCUT2D eigenvalue weighted by Gasteiger charge is 2.23. The van der Waals surface area contributed by atoms with E-state index in [-0.39, 0.29) is 5.82 Å². The molecule has 0 aliphatic carbocycles. The summed E-state index contributed by atoms with van der Waals surface area (Å²) in [6.45, 7) is 1.91. The normalized spacial score (nSPS) is 13.6. The molecule has 2 aromatic rings. The van der Waals surface area contributed by atoms with Crippen LogP contribution in [-0.2, 0) is 12.0 Å². The summed E-state index contributed by atoms with van der Waals surface area (Å²) in [6, 6.07) is 12.0. The Morgan fingerprint density at radius 3 is 2.19 bits per heavy atom. The van der Waals surface area contributed by atoms with E-state index in [0.717, 1.165) is 11.1 Å². The molecule has 3 nitrogen and oxygen atoms in total. The van der Waals surface area contributed by atoms with Crippen molar-refractivity contribution in [2.45, 2.75) is 18.9 Å². The Kier molecular flexibility index (Phi) is 4.48. The summed E-state index contributed by atoms with van der Waals surface area (Å²) in [5.74, 6) is 1.10.